The fraction of sp³-hybridized carbons (Fsp3) is 0.364. The molecule has 1 fully saturated rings. The summed E-state index contributed by atoms with van der Waals surface area (Å²) in [5.41, 5.74) is -0.150. The van der Waals surface area contributed by atoms with Crippen LogP contribution < -0.4 is 0 Å². The maximum atomic E-state index is 12.4. The molecule has 2 rings (SSSR count). The minimum absolute atomic E-state index is 0.0431. The van der Waals surface area contributed by atoms with Gasteiger partial charge < -0.3 is 4.74 Å². The van der Waals surface area contributed by atoms with Crippen LogP contribution in [0.1, 0.15) is 5.69 Å². The Morgan fingerprint density at radius 3 is 2.95 bits per heavy atom. The van der Waals surface area contributed by atoms with Crippen LogP contribution in [-0.4, -0.2) is 43.5 Å². The van der Waals surface area contributed by atoms with Crippen molar-refractivity contribution in [1.82, 2.24) is 9.29 Å². The van der Waals surface area contributed by atoms with Gasteiger partial charge in [-0.2, -0.15) is 14.8 Å². The zero-order chi connectivity index (χ0) is 13.9. The maximum absolute atomic E-state index is 12.4. The molecule has 98 valence electrons. The van der Waals surface area contributed by atoms with Gasteiger partial charge in [0.1, 0.15) is 11.0 Å². The van der Waals surface area contributed by atoms with Crippen molar-refractivity contribution in [3.8, 4) is 12.1 Å². The number of pyridine rings is 1. The molecule has 19 heavy (non-hydrogen) atoms. The van der Waals surface area contributed by atoms with Crippen LogP contribution in [0.4, 0.5) is 0 Å². The molecular formula is C11H10N4O3S. The average molecular weight is 278 g/mol. The second-order valence-corrected chi connectivity index (χ2v) is 5.72. The van der Waals surface area contributed by atoms with Gasteiger partial charge in [0.2, 0.25) is 10.0 Å². The second-order valence-electron chi connectivity index (χ2n) is 3.81. The smallest absolute Gasteiger partial charge is 0.246 e. The van der Waals surface area contributed by atoms with E-state index in [9.17, 15) is 8.42 Å². The molecule has 1 aliphatic rings. The number of ether oxygens (including phenoxy) is 1. The summed E-state index contributed by atoms with van der Waals surface area (Å²) in [7, 11) is -3.83. The predicted molar refractivity (Wildman–Crippen MR) is 63.1 cm³/mol. The Bertz CT molecular complexity index is 659. The molecule has 0 aromatic carbocycles. The minimum Gasteiger partial charge on any atom is -0.361 e. The molecule has 7 nitrogen and oxygen atoms in total. The van der Waals surface area contributed by atoms with Gasteiger partial charge in [0, 0.05) is 12.7 Å². The summed E-state index contributed by atoms with van der Waals surface area (Å²) in [5, 5.41) is 17.7. The number of aromatic nitrogens is 1. The first-order chi connectivity index (χ1) is 9.09. The maximum Gasteiger partial charge on any atom is 0.246 e. The summed E-state index contributed by atoms with van der Waals surface area (Å²) < 4.78 is 31.0. The second kappa shape index (κ2) is 5.33. The molecule has 8 heteroatoms. The largest absolute Gasteiger partial charge is 0.361 e. The Balaban J connectivity index is 2.38. The van der Waals surface area contributed by atoms with Gasteiger partial charge in [-0.3, -0.25) is 0 Å². The Morgan fingerprint density at radius 1 is 1.47 bits per heavy atom. The number of hydrogen-bond acceptors (Lipinski definition) is 6. The third-order valence-corrected chi connectivity index (χ3v) is 4.56. The first kappa shape index (κ1) is 13.4. The molecule has 0 N–H and O–H groups in total. The van der Waals surface area contributed by atoms with Crippen LogP contribution in [0.3, 0.4) is 0 Å². The highest BCUT2D eigenvalue weighted by molar-refractivity contribution is 7.89. The van der Waals surface area contributed by atoms with Gasteiger partial charge in [0.25, 0.3) is 0 Å². The minimum atomic E-state index is -3.83. The van der Waals surface area contributed by atoms with E-state index < -0.39 is 16.1 Å². The molecule has 1 aromatic heterocycles. The quantitative estimate of drug-likeness (QED) is 0.745. The van der Waals surface area contributed by atoms with E-state index in [1.165, 1.54) is 18.3 Å². The molecule has 0 amide bonds. The summed E-state index contributed by atoms with van der Waals surface area (Å²) in [5.74, 6) is 0. The van der Waals surface area contributed by atoms with E-state index in [0.29, 0.717) is 0 Å². The van der Waals surface area contributed by atoms with Crippen LogP contribution in [-0.2, 0) is 14.8 Å². The lowest BCUT2D eigenvalue weighted by atomic mass is 10.3. The lowest BCUT2D eigenvalue weighted by Crippen LogP contribution is -2.45. The molecule has 2 heterocycles. The molecule has 0 spiro atoms. The Kier molecular flexibility index (Phi) is 3.76. The van der Waals surface area contributed by atoms with Crippen LogP contribution in [0.5, 0.6) is 0 Å². The summed E-state index contributed by atoms with van der Waals surface area (Å²) >= 11 is 0. The van der Waals surface area contributed by atoms with E-state index in [-0.39, 0.29) is 30.3 Å². The summed E-state index contributed by atoms with van der Waals surface area (Å²) in [6.07, 6.45) is 0.570. The van der Waals surface area contributed by atoms with Crippen molar-refractivity contribution in [2.75, 3.05) is 19.7 Å². The molecule has 1 aliphatic heterocycles. The third kappa shape index (κ3) is 2.56. The van der Waals surface area contributed by atoms with Crippen molar-refractivity contribution in [3.63, 3.8) is 0 Å². The van der Waals surface area contributed by atoms with E-state index in [0.717, 1.165) is 4.31 Å². The average Bonchev–Trinajstić information content (AvgIpc) is 2.47. The van der Waals surface area contributed by atoms with Crippen LogP contribution in [0.2, 0.25) is 0 Å². The number of nitriles is 2. The third-order valence-electron chi connectivity index (χ3n) is 2.67. The highest BCUT2D eigenvalue weighted by Crippen LogP contribution is 2.20. The predicted octanol–water partition coefficient (Wildman–Crippen LogP) is -0.134. The molecular weight excluding hydrogens is 268 g/mol. The normalized spacial score (nSPS) is 20.4. The molecule has 0 radical (unpaired) electrons. The molecule has 1 unspecified atom stereocenters. The highest BCUT2D eigenvalue weighted by Gasteiger charge is 2.32. The van der Waals surface area contributed by atoms with Crippen molar-refractivity contribution in [2.45, 2.75) is 11.0 Å². The topological polar surface area (TPSA) is 107 Å². The summed E-state index contributed by atoms with van der Waals surface area (Å²) in [4.78, 5) is 3.59. The van der Waals surface area contributed by atoms with E-state index in [1.54, 1.807) is 6.07 Å². The number of nitrogens with zero attached hydrogens (tertiary/aromatic N) is 4. The lowest BCUT2D eigenvalue weighted by molar-refractivity contribution is 0.0311. The zero-order valence-corrected chi connectivity index (χ0v) is 10.7. The fourth-order valence-corrected chi connectivity index (χ4v) is 3.26. The lowest BCUT2D eigenvalue weighted by Gasteiger charge is -2.28. The highest BCUT2D eigenvalue weighted by atomic mass is 32.2. The van der Waals surface area contributed by atoms with Gasteiger partial charge in [-0.25, -0.2) is 13.4 Å². The zero-order valence-electron chi connectivity index (χ0n) is 9.85. The SMILES string of the molecule is N#Cc1ncccc1S(=O)(=O)N1CCOC(C#N)C1. The van der Waals surface area contributed by atoms with Gasteiger partial charge >= 0.3 is 0 Å². The van der Waals surface area contributed by atoms with Gasteiger partial charge in [-0.05, 0) is 12.1 Å². The molecule has 0 aliphatic carbocycles. The standard InChI is InChI=1S/C11H10N4O3S/c12-6-9-8-15(4-5-18-9)19(16,17)11-2-1-3-14-10(11)7-13/h1-3,9H,4-5,8H2. The first-order valence-corrected chi connectivity index (χ1v) is 6.90. The van der Waals surface area contributed by atoms with Crippen molar-refractivity contribution in [1.29, 1.82) is 10.5 Å². The fourth-order valence-electron chi connectivity index (χ4n) is 1.74. The number of rotatable bonds is 2. The molecule has 1 atom stereocenters. The van der Waals surface area contributed by atoms with Crippen molar-refractivity contribution >= 4 is 10.0 Å². The number of sulfonamides is 1. The monoisotopic (exact) mass is 278 g/mol. The van der Waals surface area contributed by atoms with Crippen LogP contribution in [0, 0.1) is 22.7 Å². The van der Waals surface area contributed by atoms with Crippen molar-refractivity contribution in [2.24, 2.45) is 0 Å². The van der Waals surface area contributed by atoms with Crippen LogP contribution in [0.25, 0.3) is 0 Å². The molecule has 0 bridgehead atoms. The van der Waals surface area contributed by atoms with Gasteiger partial charge in [0.05, 0.1) is 19.2 Å². The van der Waals surface area contributed by atoms with Gasteiger partial charge in [-0.15, -0.1) is 0 Å². The van der Waals surface area contributed by atoms with E-state index in [1.807, 2.05) is 6.07 Å². The Labute approximate surface area is 110 Å². The van der Waals surface area contributed by atoms with Crippen molar-refractivity contribution < 1.29 is 13.2 Å². The van der Waals surface area contributed by atoms with Crippen LogP contribution in [0.15, 0.2) is 23.2 Å². The molecule has 0 saturated carbocycles. The van der Waals surface area contributed by atoms with Crippen molar-refractivity contribution in [3.05, 3.63) is 24.0 Å². The van der Waals surface area contributed by atoms with E-state index in [4.69, 9.17) is 15.3 Å². The van der Waals surface area contributed by atoms with Gasteiger partial charge in [-0.1, -0.05) is 0 Å². The van der Waals surface area contributed by atoms with Gasteiger partial charge in [0.15, 0.2) is 11.8 Å². The first-order valence-electron chi connectivity index (χ1n) is 5.46. The number of morpholine rings is 1. The van der Waals surface area contributed by atoms with Crippen LogP contribution >= 0.6 is 0 Å². The summed E-state index contributed by atoms with van der Waals surface area (Å²) in [6.45, 7) is 0.262. The molecule has 1 saturated heterocycles. The number of hydrogen-bond donors (Lipinski definition) is 0. The Morgan fingerprint density at radius 2 is 2.26 bits per heavy atom. The Hall–Kier alpha value is -2.00. The van der Waals surface area contributed by atoms with E-state index >= 15 is 0 Å². The van der Waals surface area contributed by atoms with E-state index in [2.05, 4.69) is 4.98 Å². The molecule has 1 aromatic rings. The summed E-state index contributed by atoms with van der Waals surface area (Å²) in [6, 6.07) is 6.42.